The Labute approximate surface area is 101 Å². The SMILES string of the molecule is CC1=CCC2C(C)(CCC(Br)C2(C)C)O1. The first kappa shape index (κ1) is 11.5. The molecule has 1 fully saturated rings. The van der Waals surface area contributed by atoms with E-state index in [1.54, 1.807) is 0 Å². The highest BCUT2D eigenvalue weighted by atomic mass is 79.9. The maximum atomic E-state index is 6.10. The van der Waals surface area contributed by atoms with Crippen LogP contribution < -0.4 is 0 Å². The fourth-order valence-electron chi connectivity index (χ4n) is 3.33. The van der Waals surface area contributed by atoms with Gasteiger partial charge in [-0.2, -0.15) is 0 Å². The third-order valence-corrected chi connectivity index (χ3v) is 6.01. The second kappa shape index (κ2) is 3.51. The Hall–Kier alpha value is 0.0200. The average Bonchev–Trinajstić information content (AvgIpc) is 2.11. The van der Waals surface area contributed by atoms with E-state index < -0.39 is 0 Å². The van der Waals surface area contributed by atoms with Gasteiger partial charge in [-0.15, -0.1) is 0 Å². The van der Waals surface area contributed by atoms with Crippen molar-refractivity contribution in [2.45, 2.75) is 57.4 Å². The van der Waals surface area contributed by atoms with Crippen LogP contribution >= 0.6 is 15.9 Å². The first-order valence-electron chi connectivity index (χ1n) is 5.86. The van der Waals surface area contributed by atoms with Crippen molar-refractivity contribution in [3.63, 3.8) is 0 Å². The molecule has 1 aliphatic carbocycles. The van der Waals surface area contributed by atoms with Crippen LogP contribution in [-0.2, 0) is 4.74 Å². The van der Waals surface area contributed by atoms with Crippen LogP contribution in [0.4, 0.5) is 0 Å². The lowest BCUT2D eigenvalue weighted by atomic mass is 9.60. The van der Waals surface area contributed by atoms with Crippen LogP contribution in [0, 0.1) is 11.3 Å². The van der Waals surface area contributed by atoms with Gasteiger partial charge in [0.05, 0.1) is 5.76 Å². The second-order valence-electron chi connectivity index (χ2n) is 5.85. The van der Waals surface area contributed by atoms with Crippen LogP contribution in [0.1, 0.15) is 47.0 Å². The van der Waals surface area contributed by atoms with E-state index in [0.29, 0.717) is 16.2 Å². The molecular weight excluding hydrogens is 252 g/mol. The third kappa shape index (κ3) is 1.75. The van der Waals surface area contributed by atoms with E-state index in [2.05, 4.69) is 49.7 Å². The first-order chi connectivity index (χ1) is 6.86. The Kier molecular flexibility index (Phi) is 2.69. The summed E-state index contributed by atoms with van der Waals surface area (Å²) in [6, 6.07) is 0. The molecule has 0 N–H and O–H groups in total. The number of rotatable bonds is 0. The lowest BCUT2D eigenvalue weighted by Gasteiger charge is -2.54. The van der Waals surface area contributed by atoms with Gasteiger partial charge >= 0.3 is 0 Å². The number of fused-ring (bicyclic) bond motifs is 1. The zero-order valence-electron chi connectivity index (χ0n) is 10.1. The summed E-state index contributed by atoms with van der Waals surface area (Å²) in [5.74, 6) is 1.74. The number of hydrogen-bond acceptors (Lipinski definition) is 1. The van der Waals surface area contributed by atoms with Crippen molar-refractivity contribution in [3.05, 3.63) is 11.8 Å². The van der Waals surface area contributed by atoms with Crippen molar-refractivity contribution < 1.29 is 4.74 Å². The summed E-state index contributed by atoms with van der Waals surface area (Å²) < 4.78 is 6.10. The van der Waals surface area contributed by atoms with Crippen LogP contribution in [-0.4, -0.2) is 10.4 Å². The molecule has 1 nitrogen and oxygen atoms in total. The van der Waals surface area contributed by atoms with E-state index in [0.717, 1.165) is 12.2 Å². The Morgan fingerprint density at radius 1 is 1.40 bits per heavy atom. The molecule has 2 aliphatic rings. The quantitative estimate of drug-likeness (QED) is 0.599. The topological polar surface area (TPSA) is 9.23 Å². The lowest BCUT2D eigenvalue weighted by Crippen LogP contribution is -2.54. The molecular formula is C13H21BrO. The number of hydrogen-bond donors (Lipinski definition) is 0. The van der Waals surface area contributed by atoms with Crippen LogP contribution in [0.3, 0.4) is 0 Å². The van der Waals surface area contributed by atoms with E-state index in [1.165, 1.54) is 12.8 Å². The molecule has 1 aliphatic heterocycles. The van der Waals surface area contributed by atoms with Crippen LogP contribution in [0.25, 0.3) is 0 Å². The van der Waals surface area contributed by atoms with Gasteiger partial charge in [-0.25, -0.2) is 0 Å². The van der Waals surface area contributed by atoms with E-state index in [4.69, 9.17) is 4.74 Å². The van der Waals surface area contributed by atoms with Gasteiger partial charge in [-0.1, -0.05) is 29.8 Å². The van der Waals surface area contributed by atoms with Crippen LogP contribution in [0.2, 0.25) is 0 Å². The zero-order chi connectivity index (χ0) is 11.3. The van der Waals surface area contributed by atoms with Gasteiger partial charge in [-0.3, -0.25) is 0 Å². The summed E-state index contributed by atoms with van der Waals surface area (Å²) in [6.45, 7) is 9.10. The Bertz CT molecular complexity index is 295. The third-order valence-electron chi connectivity index (χ3n) is 4.37. The molecule has 0 bridgehead atoms. The molecule has 0 spiro atoms. The minimum absolute atomic E-state index is 0.0621. The van der Waals surface area contributed by atoms with Gasteiger partial charge in [0.25, 0.3) is 0 Å². The molecule has 0 aromatic heterocycles. The predicted molar refractivity (Wildman–Crippen MR) is 67.1 cm³/mol. The lowest BCUT2D eigenvalue weighted by molar-refractivity contribution is -0.113. The molecule has 1 saturated carbocycles. The highest BCUT2D eigenvalue weighted by molar-refractivity contribution is 9.09. The van der Waals surface area contributed by atoms with Crippen molar-refractivity contribution in [3.8, 4) is 0 Å². The number of alkyl halides is 1. The summed E-state index contributed by atoms with van der Waals surface area (Å²) >= 11 is 3.83. The van der Waals surface area contributed by atoms with Gasteiger partial charge in [0.2, 0.25) is 0 Å². The molecule has 0 aromatic carbocycles. The fourth-order valence-corrected chi connectivity index (χ4v) is 3.88. The minimum atomic E-state index is 0.0621. The first-order valence-corrected chi connectivity index (χ1v) is 6.78. The molecule has 3 atom stereocenters. The van der Waals surface area contributed by atoms with Crippen molar-refractivity contribution in [2.24, 2.45) is 11.3 Å². The van der Waals surface area contributed by atoms with Gasteiger partial charge in [-0.05, 0) is 44.6 Å². The summed E-state index contributed by atoms with van der Waals surface area (Å²) in [4.78, 5) is 0.624. The van der Waals surface area contributed by atoms with Crippen molar-refractivity contribution >= 4 is 15.9 Å². The standard InChI is InChI=1S/C13H21BrO/c1-9-5-6-10-12(2,3)11(14)7-8-13(10,4)15-9/h5,10-11H,6-8H2,1-4H3. The summed E-state index contributed by atoms with van der Waals surface area (Å²) in [5.41, 5.74) is 0.386. The second-order valence-corrected chi connectivity index (χ2v) is 6.95. The highest BCUT2D eigenvalue weighted by Gasteiger charge is 2.52. The van der Waals surface area contributed by atoms with E-state index in [-0.39, 0.29) is 5.60 Å². The summed E-state index contributed by atoms with van der Waals surface area (Å²) in [7, 11) is 0. The minimum Gasteiger partial charge on any atom is -0.492 e. The maximum Gasteiger partial charge on any atom is 0.109 e. The maximum absolute atomic E-state index is 6.10. The van der Waals surface area contributed by atoms with Gasteiger partial charge in [0, 0.05) is 10.7 Å². The molecule has 2 heteroatoms. The smallest absolute Gasteiger partial charge is 0.109 e. The fraction of sp³-hybridized carbons (Fsp3) is 0.846. The van der Waals surface area contributed by atoms with Crippen molar-refractivity contribution in [1.29, 1.82) is 0 Å². The van der Waals surface area contributed by atoms with E-state index in [9.17, 15) is 0 Å². The largest absolute Gasteiger partial charge is 0.492 e. The monoisotopic (exact) mass is 272 g/mol. The molecule has 0 aromatic rings. The Balaban J connectivity index is 2.33. The molecule has 0 radical (unpaired) electrons. The van der Waals surface area contributed by atoms with Crippen LogP contribution in [0.5, 0.6) is 0 Å². The Morgan fingerprint density at radius 2 is 2.07 bits per heavy atom. The number of halogens is 1. The van der Waals surface area contributed by atoms with Crippen LogP contribution in [0.15, 0.2) is 11.8 Å². The molecule has 0 saturated heterocycles. The molecule has 1 heterocycles. The van der Waals surface area contributed by atoms with E-state index >= 15 is 0 Å². The molecule has 86 valence electrons. The van der Waals surface area contributed by atoms with Gasteiger partial charge in [0.1, 0.15) is 5.60 Å². The Morgan fingerprint density at radius 3 is 2.73 bits per heavy atom. The number of allylic oxidation sites excluding steroid dienone is 2. The average molecular weight is 273 g/mol. The normalized spacial score (nSPS) is 43.9. The molecule has 15 heavy (non-hydrogen) atoms. The van der Waals surface area contributed by atoms with E-state index in [1.807, 2.05) is 0 Å². The highest BCUT2D eigenvalue weighted by Crippen LogP contribution is 2.54. The molecule has 0 amide bonds. The van der Waals surface area contributed by atoms with Gasteiger partial charge < -0.3 is 4.74 Å². The summed E-state index contributed by atoms with van der Waals surface area (Å²) in [5, 5.41) is 0. The summed E-state index contributed by atoms with van der Waals surface area (Å²) in [6.07, 6.45) is 5.80. The molecule has 3 unspecified atom stereocenters. The van der Waals surface area contributed by atoms with Crippen molar-refractivity contribution in [2.75, 3.05) is 0 Å². The van der Waals surface area contributed by atoms with Gasteiger partial charge in [0.15, 0.2) is 0 Å². The number of ether oxygens (including phenoxy) is 1. The predicted octanol–water partition coefficient (Wildman–Crippen LogP) is 4.27. The zero-order valence-corrected chi connectivity index (χ0v) is 11.7. The molecule has 2 rings (SSSR count). The van der Waals surface area contributed by atoms with Crippen molar-refractivity contribution in [1.82, 2.24) is 0 Å².